The zero-order valence-electron chi connectivity index (χ0n) is 7.09. The molecule has 3 N–H and O–H groups in total. The highest BCUT2D eigenvalue weighted by Crippen LogP contribution is 2.30. The molecule has 13 heavy (non-hydrogen) atoms. The van der Waals surface area contributed by atoms with E-state index in [0.29, 0.717) is 5.69 Å². The van der Waals surface area contributed by atoms with Crippen LogP contribution in [0.2, 0.25) is 0 Å². The molecule has 1 heterocycles. The van der Waals surface area contributed by atoms with Gasteiger partial charge < -0.3 is 10.8 Å². The van der Waals surface area contributed by atoms with Crippen LogP contribution < -0.4 is 5.73 Å². The van der Waals surface area contributed by atoms with Crippen LogP contribution >= 0.6 is 0 Å². The second kappa shape index (κ2) is 3.66. The molecule has 3 nitrogen and oxygen atoms in total. The number of halogens is 2. The first-order chi connectivity index (χ1) is 6.06. The Bertz CT molecular complexity index is 315. The highest BCUT2D eigenvalue weighted by molar-refractivity contribution is 5.38. The molecule has 1 aromatic rings. The topological polar surface area (TPSA) is 59.1 Å². The summed E-state index contributed by atoms with van der Waals surface area (Å²) in [5, 5.41) is 9.26. The Hall–Kier alpha value is -1.23. The third-order valence-electron chi connectivity index (χ3n) is 1.65. The normalized spacial score (nSPS) is 10.8. The Morgan fingerprint density at radius 3 is 2.69 bits per heavy atom. The van der Waals surface area contributed by atoms with Crippen molar-refractivity contribution in [2.24, 2.45) is 5.73 Å². The van der Waals surface area contributed by atoms with Crippen LogP contribution in [0.1, 0.15) is 23.4 Å². The van der Waals surface area contributed by atoms with Crippen molar-refractivity contribution in [1.29, 1.82) is 0 Å². The van der Waals surface area contributed by atoms with E-state index in [1.165, 1.54) is 0 Å². The lowest BCUT2D eigenvalue weighted by molar-refractivity contribution is 0.147. The van der Waals surface area contributed by atoms with Gasteiger partial charge in [0, 0.05) is 12.2 Å². The molecule has 0 amide bonds. The molecule has 0 radical (unpaired) electrons. The lowest BCUT2D eigenvalue weighted by Gasteiger charge is -2.08. The maximum Gasteiger partial charge on any atom is 0.267 e. The Labute approximate surface area is 74.2 Å². The van der Waals surface area contributed by atoms with Gasteiger partial charge >= 0.3 is 0 Å². The van der Waals surface area contributed by atoms with Gasteiger partial charge in [-0.2, -0.15) is 0 Å². The van der Waals surface area contributed by atoms with Gasteiger partial charge in [-0.25, -0.2) is 8.78 Å². The zero-order chi connectivity index (χ0) is 10.0. The number of nitrogens with two attached hydrogens (primary N) is 1. The predicted molar refractivity (Wildman–Crippen MR) is 43.5 cm³/mol. The fourth-order valence-corrected chi connectivity index (χ4v) is 1.07. The molecule has 0 saturated carbocycles. The molecule has 0 bridgehead atoms. The number of aromatic nitrogens is 1. The lowest BCUT2D eigenvalue weighted by atomic mass is 10.1. The van der Waals surface area contributed by atoms with E-state index < -0.39 is 17.7 Å². The second-order valence-corrected chi connectivity index (χ2v) is 2.65. The molecule has 0 aliphatic heterocycles. The minimum Gasteiger partial charge on any atom is -0.505 e. The monoisotopic (exact) mass is 188 g/mol. The quantitative estimate of drug-likeness (QED) is 0.739. The first-order valence-electron chi connectivity index (χ1n) is 3.74. The number of hydrogen-bond acceptors (Lipinski definition) is 3. The van der Waals surface area contributed by atoms with Crippen molar-refractivity contribution >= 4 is 0 Å². The summed E-state index contributed by atoms with van der Waals surface area (Å²) >= 11 is 0. The number of hydrogen-bond donors (Lipinski definition) is 2. The summed E-state index contributed by atoms with van der Waals surface area (Å²) in [4.78, 5) is 3.83. The Balaban J connectivity index is 3.27. The van der Waals surface area contributed by atoms with Crippen molar-refractivity contribution in [3.05, 3.63) is 23.0 Å². The second-order valence-electron chi connectivity index (χ2n) is 2.65. The van der Waals surface area contributed by atoms with Gasteiger partial charge in [0.2, 0.25) is 0 Å². The van der Waals surface area contributed by atoms with Crippen molar-refractivity contribution in [1.82, 2.24) is 4.98 Å². The SMILES string of the molecule is Cc1cc(C(F)F)c(O)c(CN)n1. The average Bonchev–Trinajstić information content (AvgIpc) is 2.08. The van der Waals surface area contributed by atoms with Crippen LogP contribution in [0.5, 0.6) is 5.75 Å². The molecule has 0 aliphatic carbocycles. The summed E-state index contributed by atoms with van der Waals surface area (Å²) in [6, 6.07) is 1.15. The van der Waals surface area contributed by atoms with Gasteiger partial charge in [-0.3, -0.25) is 4.98 Å². The molecule has 5 heteroatoms. The highest BCUT2D eigenvalue weighted by atomic mass is 19.3. The molecule has 0 aliphatic rings. The number of aromatic hydroxyl groups is 1. The Morgan fingerprint density at radius 2 is 2.23 bits per heavy atom. The summed E-state index contributed by atoms with van der Waals surface area (Å²) in [6.07, 6.45) is -2.70. The summed E-state index contributed by atoms with van der Waals surface area (Å²) in [5.41, 5.74) is 5.34. The van der Waals surface area contributed by atoms with E-state index in [1.807, 2.05) is 0 Å². The number of rotatable bonds is 2. The first-order valence-corrected chi connectivity index (χ1v) is 3.74. The molecule has 0 spiro atoms. The van der Waals surface area contributed by atoms with Crippen LogP contribution in [0.4, 0.5) is 8.78 Å². The molecule has 0 fully saturated rings. The standard InChI is InChI=1S/C8H10F2N2O/c1-4-2-5(8(9)10)7(13)6(3-11)12-4/h2,8,13H,3,11H2,1H3. The van der Waals surface area contributed by atoms with Crippen molar-refractivity contribution in [2.75, 3.05) is 0 Å². The van der Waals surface area contributed by atoms with Crippen molar-refractivity contribution in [3.8, 4) is 5.75 Å². The molecule has 0 unspecified atom stereocenters. The fraction of sp³-hybridized carbons (Fsp3) is 0.375. The van der Waals surface area contributed by atoms with E-state index in [2.05, 4.69) is 4.98 Å². The minimum atomic E-state index is -2.70. The van der Waals surface area contributed by atoms with Crippen LogP contribution in [0.25, 0.3) is 0 Å². The van der Waals surface area contributed by atoms with Crippen LogP contribution in [-0.4, -0.2) is 10.1 Å². The van der Waals surface area contributed by atoms with Gasteiger partial charge in [-0.05, 0) is 13.0 Å². The molecule has 1 rings (SSSR count). The van der Waals surface area contributed by atoms with Crippen molar-refractivity contribution in [3.63, 3.8) is 0 Å². The van der Waals surface area contributed by atoms with Gasteiger partial charge in [-0.1, -0.05) is 0 Å². The summed E-state index contributed by atoms with van der Waals surface area (Å²) in [5.74, 6) is -0.497. The van der Waals surface area contributed by atoms with Crippen LogP contribution in [0, 0.1) is 6.92 Å². The van der Waals surface area contributed by atoms with Gasteiger partial charge in [-0.15, -0.1) is 0 Å². The highest BCUT2D eigenvalue weighted by Gasteiger charge is 2.16. The molecular weight excluding hydrogens is 178 g/mol. The van der Waals surface area contributed by atoms with Crippen LogP contribution in [0.3, 0.4) is 0 Å². The number of aryl methyl sites for hydroxylation is 1. The average molecular weight is 188 g/mol. The fourth-order valence-electron chi connectivity index (χ4n) is 1.07. The number of nitrogens with zero attached hydrogens (tertiary/aromatic N) is 1. The summed E-state index contributed by atoms with van der Waals surface area (Å²) in [7, 11) is 0. The van der Waals surface area contributed by atoms with E-state index in [0.717, 1.165) is 6.07 Å². The van der Waals surface area contributed by atoms with E-state index >= 15 is 0 Å². The van der Waals surface area contributed by atoms with Gasteiger partial charge in [0.25, 0.3) is 6.43 Å². The number of alkyl halides is 2. The van der Waals surface area contributed by atoms with E-state index in [4.69, 9.17) is 5.73 Å². The van der Waals surface area contributed by atoms with Crippen molar-refractivity contribution in [2.45, 2.75) is 19.9 Å². The van der Waals surface area contributed by atoms with Crippen molar-refractivity contribution < 1.29 is 13.9 Å². The number of pyridine rings is 1. The Kier molecular flexibility index (Phi) is 2.77. The van der Waals surface area contributed by atoms with Gasteiger partial charge in [0.15, 0.2) is 0 Å². The van der Waals surface area contributed by atoms with Gasteiger partial charge in [0.1, 0.15) is 5.75 Å². The molecule has 0 atom stereocenters. The lowest BCUT2D eigenvalue weighted by Crippen LogP contribution is -2.03. The Morgan fingerprint density at radius 1 is 1.62 bits per heavy atom. The molecule has 0 aromatic carbocycles. The van der Waals surface area contributed by atoms with E-state index in [1.54, 1.807) is 6.92 Å². The molecule has 1 aromatic heterocycles. The maximum atomic E-state index is 12.3. The maximum absolute atomic E-state index is 12.3. The predicted octanol–water partition coefficient (Wildman–Crippen LogP) is 1.49. The minimum absolute atomic E-state index is 0.0484. The zero-order valence-corrected chi connectivity index (χ0v) is 7.09. The van der Waals surface area contributed by atoms with E-state index in [9.17, 15) is 13.9 Å². The third kappa shape index (κ3) is 1.92. The molecular formula is C8H10F2N2O. The molecule has 0 saturated heterocycles. The largest absolute Gasteiger partial charge is 0.505 e. The van der Waals surface area contributed by atoms with E-state index in [-0.39, 0.29) is 12.2 Å². The third-order valence-corrected chi connectivity index (χ3v) is 1.65. The summed E-state index contributed by atoms with van der Waals surface area (Å²) in [6.45, 7) is 1.53. The smallest absolute Gasteiger partial charge is 0.267 e. The molecule has 72 valence electrons. The van der Waals surface area contributed by atoms with Crippen LogP contribution in [0.15, 0.2) is 6.07 Å². The first kappa shape index (κ1) is 9.85. The summed E-state index contributed by atoms with van der Waals surface area (Å²) < 4.78 is 24.6. The van der Waals surface area contributed by atoms with Crippen LogP contribution in [-0.2, 0) is 6.54 Å². The van der Waals surface area contributed by atoms with Gasteiger partial charge in [0.05, 0.1) is 11.3 Å².